The standard InChI is InChI=1S/C13H17F3N2O3/c1-2-5-17-10-7-11(18(19)20)9-12(8-10)21-6-3-4-13(14,15)16/h7-9,17H,2-6H2,1H3. The van der Waals surface area contributed by atoms with Crippen LogP contribution in [0.15, 0.2) is 18.2 Å². The van der Waals surface area contributed by atoms with Crippen LogP contribution in [0, 0.1) is 10.1 Å². The van der Waals surface area contributed by atoms with E-state index in [-0.39, 0.29) is 24.5 Å². The fraction of sp³-hybridized carbons (Fsp3) is 0.538. The molecular formula is C13H17F3N2O3. The summed E-state index contributed by atoms with van der Waals surface area (Å²) in [5.74, 6) is 0.185. The smallest absolute Gasteiger partial charge is 0.389 e. The van der Waals surface area contributed by atoms with Crippen molar-refractivity contribution < 1.29 is 22.8 Å². The first-order valence-electron chi connectivity index (χ1n) is 6.54. The van der Waals surface area contributed by atoms with Crippen LogP contribution in [0.2, 0.25) is 0 Å². The molecule has 0 unspecified atom stereocenters. The van der Waals surface area contributed by atoms with Crippen LogP contribution in [-0.2, 0) is 0 Å². The third-order valence-electron chi connectivity index (χ3n) is 2.55. The molecule has 0 amide bonds. The lowest BCUT2D eigenvalue weighted by atomic mass is 10.2. The first kappa shape index (κ1) is 17.1. The van der Waals surface area contributed by atoms with Crippen molar-refractivity contribution in [3.05, 3.63) is 28.3 Å². The van der Waals surface area contributed by atoms with E-state index in [4.69, 9.17) is 4.74 Å². The molecular weight excluding hydrogens is 289 g/mol. The van der Waals surface area contributed by atoms with E-state index in [1.807, 2.05) is 6.92 Å². The van der Waals surface area contributed by atoms with E-state index < -0.39 is 17.5 Å². The lowest BCUT2D eigenvalue weighted by molar-refractivity contribution is -0.384. The molecule has 1 aromatic carbocycles. The Bertz CT molecular complexity index is 478. The maximum Gasteiger partial charge on any atom is 0.389 e. The summed E-state index contributed by atoms with van der Waals surface area (Å²) in [6.07, 6.45) is -4.52. The van der Waals surface area contributed by atoms with E-state index >= 15 is 0 Å². The zero-order chi connectivity index (χ0) is 15.9. The number of nitro groups is 1. The molecule has 0 saturated heterocycles. The van der Waals surface area contributed by atoms with Gasteiger partial charge >= 0.3 is 6.18 Å². The van der Waals surface area contributed by atoms with Gasteiger partial charge in [0.25, 0.3) is 5.69 Å². The minimum atomic E-state index is -4.22. The highest BCUT2D eigenvalue weighted by molar-refractivity contribution is 5.56. The molecule has 8 heteroatoms. The van der Waals surface area contributed by atoms with Crippen LogP contribution < -0.4 is 10.1 Å². The van der Waals surface area contributed by atoms with E-state index in [0.717, 1.165) is 6.42 Å². The molecule has 0 bridgehead atoms. The Morgan fingerprint density at radius 1 is 1.33 bits per heavy atom. The van der Waals surface area contributed by atoms with Crippen molar-refractivity contribution in [1.29, 1.82) is 0 Å². The fourth-order valence-corrected chi connectivity index (χ4v) is 1.61. The molecule has 0 spiro atoms. The van der Waals surface area contributed by atoms with Gasteiger partial charge < -0.3 is 10.1 Å². The molecule has 0 aliphatic carbocycles. The Hall–Kier alpha value is -1.99. The van der Waals surface area contributed by atoms with E-state index in [1.54, 1.807) is 0 Å². The first-order chi connectivity index (χ1) is 9.81. The molecule has 0 heterocycles. The van der Waals surface area contributed by atoms with Gasteiger partial charge in [-0.05, 0) is 12.8 Å². The molecule has 0 aliphatic heterocycles. The van der Waals surface area contributed by atoms with Crippen LogP contribution in [0.4, 0.5) is 24.5 Å². The summed E-state index contributed by atoms with van der Waals surface area (Å²) in [7, 11) is 0. The molecule has 1 N–H and O–H groups in total. The van der Waals surface area contributed by atoms with Gasteiger partial charge in [-0.25, -0.2) is 0 Å². The number of ether oxygens (including phenoxy) is 1. The van der Waals surface area contributed by atoms with Crippen LogP contribution in [0.1, 0.15) is 26.2 Å². The van der Waals surface area contributed by atoms with Crippen molar-refractivity contribution in [3.8, 4) is 5.75 Å². The number of benzene rings is 1. The van der Waals surface area contributed by atoms with Crippen LogP contribution in [0.5, 0.6) is 5.75 Å². The Morgan fingerprint density at radius 2 is 2.05 bits per heavy atom. The molecule has 0 fully saturated rings. The first-order valence-corrected chi connectivity index (χ1v) is 6.54. The average molecular weight is 306 g/mol. The monoisotopic (exact) mass is 306 g/mol. The van der Waals surface area contributed by atoms with Crippen molar-refractivity contribution in [2.75, 3.05) is 18.5 Å². The molecule has 0 radical (unpaired) electrons. The summed E-state index contributed by atoms with van der Waals surface area (Å²) >= 11 is 0. The summed E-state index contributed by atoms with van der Waals surface area (Å²) in [4.78, 5) is 10.2. The molecule has 0 aliphatic rings. The summed E-state index contributed by atoms with van der Waals surface area (Å²) in [6, 6.07) is 4.10. The quantitative estimate of drug-likeness (QED) is 0.445. The average Bonchev–Trinajstić information content (AvgIpc) is 2.40. The number of halogens is 3. The summed E-state index contributed by atoms with van der Waals surface area (Å²) in [6.45, 7) is 2.43. The summed E-state index contributed by atoms with van der Waals surface area (Å²) in [5, 5.41) is 13.8. The second kappa shape index (κ2) is 7.70. The van der Waals surface area contributed by atoms with Crippen LogP contribution in [0.3, 0.4) is 0 Å². The number of nitrogens with one attached hydrogen (secondary N) is 1. The summed E-state index contributed by atoms with van der Waals surface area (Å²) in [5.41, 5.74) is 0.346. The number of nitrogens with zero attached hydrogens (tertiary/aromatic N) is 1. The Morgan fingerprint density at radius 3 is 2.62 bits per heavy atom. The van der Waals surface area contributed by atoms with Crippen molar-refractivity contribution >= 4 is 11.4 Å². The summed E-state index contributed by atoms with van der Waals surface area (Å²) < 4.78 is 41.2. The number of non-ortho nitro benzene ring substituents is 1. The predicted molar refractivity (Wildman–Crippen MR) is 72.7 cm³/mol. The number of hydrogen-bond acceptors (Lipinski definition) is 4. The lowest BCUT2D eigenvalue weighted by Gasteiger charge is -2.10. The van der Waals surface area contributed by atoms with E-state index in [9.17, 15) is 23.3 Å². The zero-order valence-corrected chi connectivity index (χ0v) is 11.6. The van der Waals surface area contributed by atoms with Gasteiger partial charge in [-0.3, -0.25) is 10.1 Å². The number of anilines is 1. The Balaban J connectivity index is 2.67. The van der Waals surface area contributed by atoms with Gasteiger partial charge in [0.2, 0.25) is 0 Å². The molecule has 21 heavy (non-hydrogen) atoms. The van der Waals surface area contributed by atoms with Crippen molar-refractivity contribution in [1.82, 2.24) is 0 Å². The highest BCUT2D eigenvalue weighted by atomic mass is 19.4. The van der Waals surface area contributed by atoms with Crippen molar-refractivity contribution in [3.63, 3.8) is 0 Å². The second-order valence-electron chi connectivity index (χ2n) is 4.47. The van der Waals surface area contributed by atoms with Gasteiger partial charge in [-0.2, -0.15) is 13.2 Å². The maximum absolute atomic E-state index is 12.0. The van der Waals surface area contributed by atoms with E-state index in [2.05, 4.69) is 5.32 Å². The maximum atomic E-state index is 12.0. The number of rotatable bonds is 8. The van der Waals surface area contributed by atoms with Gasteiger partial charge in [0, 0.05) is 30.8 Å². The Kier molecular flexibility index (Phi) is 6.26. The normalized spacial score (nSPS) is 11.2. The molecule has 1 rings (SSSR count). The predicted octanol–water partition coefficient (Wildman–Crippen LogP) is 4.14. The highest BCUT2D eigenvalue weighted by Crippen LogP contribution is 2.27. The molecule has 0 aromatic heterocycles. The Labute approximate surface area is 120 Å². The third-order valence-corrected chi connectivity index (χ3v) is 2.55. The number of hydrogen-bond donors (Lipinski definition) is 1. The second-order valence-corrected chi connectivity index (χ2v) is 4.47. The van der Waals surface area contributed by atoms with Gasteiger partial charge in [0.1, 0.15) is 5.75 Å². The van der Waals surface area contributed by atoms with E-state index in [0.29, 0.717) is 12.2 Å². The molecule has 0 atom stereocenters. The molecule has 1 aromatic rings. The highest BCUT2D eigenvalue weighted by Gasteiger charge is 2.26. The number of nitro benzene ring substituents is 1. The minimum Gasteiger partial charge on any atom is -0.493 e. The van der Waals surface area contributed by atoms with Crippen LogP contribution >= 0.6 is 0 Å². The van der Waals surface area contributed by atoms with Crippen LogP contribution in [-0.4, -0.2) is 24.3 Å². The third kappa shape index (κ3) is 6.82. The molecule has 118 valence electrons. The molecule has 0 saturated carbocycles. The van der Waals surface area contributed by atoms with Gasteiger partial charge in [0.15, 0.2) is 0 Å². The number of alkyl halides is 3. The SMILES string of the molecule is CCCNc1cc(OCCCC(F)(F)F)cc([N+](=O)[O-])c1. The fourth-order valence-electron chi connectivity index (χ4n) is 1.61. The van der Waals surface area contributed by atoms with Gasteiger partial charge in [-0.15, -0.1) is 0 Å². The van der Waals surface area contributed by atoms with Crippen molar-refractivity contribution in [2.24, 2.45) is 0 Å². The topological polar surface area (TPSA) is 64.4 Å². The largest absolute Gasteiger partial charge is 0.493 e. The van der Waals surface area contributed by atoms with Gasteiger partial charge in [-0.1, -0.05) is 6.92 Å². The van der Waals surface area contributed by atoms with Gasteiger partial charge in [0.05, 0.1) is 17.6 Å². The lowest BCUT2D eigenvalue weighted by Crippen LogP contribution is -2.10. The van der Waals surface area contributed by atoms with E-state index in [1.165, 1.54) is 18.2 Å². The van der Waals surface area contributed by atoms with Crippen molar-refractivity contribution in [2.45, 2.75) is 32.4 Å². The zero-order valence-electron chi connectivity index (χ0n) is 11.6. The minimum absolute atomic E-state index is 0.145. The van der Waals surface area contributed by atoms with Crippen LogP contribution in [0.25, 0.3) is 0 Å². The molecule has 5 nitrogen and oxygen atoms in total.